The number of aliphatic hydroxyl groups excluding tert-OH is 1. The highest BCUT2D eigenvalue weighted by Gasteiger charge is 2.48. The predicted molar refractivity (Wildman–Crippen MR) is 124 cm³/mol. The summed E-state index contributed by atoms with van der Waals surface area (Å²) in [6.45, 7) is 0.694. The van der Waals surface area contributed by atoms with Gasteiger partial charge in [0.15, 0.2) is 6.10 Å². The number of fused-ring (bicyclic) bond motifs is 1. The minimum Gasteiger partial charge on any atom is -0.378 e. The van der Waals surface area contributed by atoms with Gasteiger partial charge in [0.1, 0.15) is 5.82 Å². The maximum atomic E-state index is 13.1. The maximum Gasteiger partial charge on any atom is 0.256 e. The molecule has 1 aliphatic carbocycles. The summed E-state index contributed by atoms with van der Waals surface area (Å²) in [5, 5.41) is 10.7. The summed E-state index contributed by atoms with van der Waals surface area (Å²) in [4.78, 5) is 35.6. The van der Waals surface area contributed by atoms with Gasteiger partial charge in [-0.2, -0.15) is 0 Å². The van der Waals surface area contributed by atoms with Gasteiger partial charge >= 0.3 is 0 Å². The summed E-state index contributed by atoms with van der Waals surface area (Å²) in [5.74, 6) is 0.304. The van der Waals surface area contributed by atoms with E-state index in [1.807, 2.05) is 24.3 Å². The zero-order chi connectivity index (χ0) is 22.3. The van der Waals surface area contributed by atoms with Gasteiger partial charge in [-0.1, -0.05) is 58.4 Å². The molecule has 2 aliphatic rings. The third-order valence-corrected chi connectivity index (χ3v) is 7.03. The molecule has 2 N–H and O–H groups in total. The van der Waals surface area contributed by atoms with E-state index in [4.69, 9.17) is 4.98 Å². The minimum absolute atomic E-state index is 0.117. The van der Waals surface area contributed by atoms with Crippen LogP contribution in [-0.2, 0) is 23.2 Å². The standard InChI is InChI=1S/C25H24BrN3O3/c26-18-9-4-6-16(14-18)21(30)23(32)29-13-5-10-19-20(15-29)27-24(28-22(19)31)25(11-12-25)17-7-2-1-3-8-17/h1-4,6-9,14,21,30H,5,10-13,15H2,(H,27,28,31)/t21-/m1/s1. The molecule has 2 heterocycles. The number of carbonyl (C=O) groups excluding carboxylic acids is 1. The molecule has 0 radical (unpaired) electrons. The average molecular weight is 494 g/mol. The number of aromatic nitrogens is 2. The average Bonchev–Trinajstić information content (AvgIpc) is 3.63. The lowest BCUT2D eigenvalue weighted by molar-refractivity contribution is -0.141. The molecule has 1 saturated carbocycles. The molecule has 32 heavy (non-hydrogen) atoms. The first-order valence-corrected chi connectivity index (χ1v) is 11.7. The van der Waals surface area contributed by atoms with Crippen molar-refractivity contribution in [2.24, 2.45) is 0 Å². The molecule has 1 aliphatic heterocycles. The highest BCUT2D eigenvalue weighted by molar-refractivity contribution is 9.10. The van der Waals surface area contributed by atoms with Gasteiger partial charge in [-0.3, -0.25) is 9.59 Å². The lowest BCUT2D eigenvalue weighted by Crippen LogP contribution is -2.35. The van der Waals surface area contributed by atoms with Crippen LogP contribution in [0.1, 0.15) is 53.6 Å². The number of aliphatic hydroxyl groups is 1. The van der Waals surface area contributed by atoms with Crippen LogP contribution in [0.4, 0.5) is 0 Å². The van der Waals surface area contributed by atoms with E-state index >= 15 is 0 Å². The number of halogens is 1. The quantitative estimate of drug-likeness (QED) is 0.580. The lowest BCUT2D eigenvalue weighted by atomic mass is 9.94. The van der Waals surface area contributed by atoms with Crippen LogP contribution in [-0.4, -0.2) is 32.4 Å². The van der Waals surface area contributed by atoms with Crippen molar-refractivity contribution in [1.82, 2.24) is 14.9 Å². The molecule has 0 saturated heterocycles. The Morgan fingerprint density at radius 1 is 1.16 bits per heavy atom. The number of hydrogen-bond donors (Lipinski definition) is 2. The van der Waals surface area contributed by atoms with Crippen LogP contribution in [0.5, 0.6) is 0 Å². The molecule has 0 bridgehead atoms. The SMILES string of the molecule is O=C([C@H](O)c1cccc(Br)c1)N1CCCc2c(nc(C3(c4ccccc4)CC3)[nH]c2=O)C1. The normalized spacial score (nSPS) is 17.9. The van der Waals surface area contributed by atoms with Crippen LogP contribution < -0.4 is 5.56 Å². The number of amides is 1. The van der Waals surface area contributed by atoms with Crippen molar-refractivity contribution in [3.8, 4) is 0 Å². The molecular formula is C25H24BrN3O3. The van der Waals surface area contributed by atoms with Crippen LogP contribution in [0.15, 0.2) is 63.9 Å². The second-order valence-electron chi connectivity index (χ2n) is 8.61. The fourth-order valence-electron chi connectivity index (χ4n) is 4.59. The van der Waals surface area contributed by atoms with Gasteiger partial charge in [-0.15, -0.1) is 0 Å². The number of carbonyl (C=O) groups is 1. The first-order chi connectivity index (χ1) is 15.5. The van der Waals surface area contributed by atoms with Gasteiger partial charge in [0.05, 0.1) is 17.7 Å². The molecule has 2 aromatic carbocycles. The summed E-state index contributed by atoms with van der Waals surface area (Å²) in [7, 11) is 0. The van der Waals surface area contributed by atoms with Gasteiger partial charge in [0, 0.05) is 16.6 Å². The molecule has 1 amide bonds. The first kappa shape index (κ1) is 21.1. The topological polar surface area (TPSA) is 86.3 Å². The van der Waals surface area contributed by atoms with E-state index < -0.39 is 6.10 Å². The van der Waals surface area contributed by atoms with Gasteiger partial charge in [0.25, 0.3) is 11.5 Å². The summed E-state index contributed by atoms with van der Waals surface area (Å²) in [5.41, 5.74) is 2.59. The number of H-pyrrole nitrogens is 1. The Labute approximate surface area is 194 Å². The van der Waals surface area contributed by atoms with Crippen molar-refractivity contribution in [3.05, 3.63) is 97.6 Å². The van der Waals surface area contributed by atoms with Gasteiger partial charge in [0.2, 0.25) is 0 Å². The first-order valence-electron chi connectivity index (χ1n) is 10.9. The third-order valence-electron chi connectivity index (χ3n) is 6.54. The van der Waals surface area contributed by atoms with E-state index in [1.165, 1.54) is 0 Å². The minimum atomic E-state index is -1.25. The van der Waals surface area contributed by atoms with E-state index in [9.17, 15) is 14.7 Å². The molecule has 1 aromatic heterocycles. The third kappa shape index (κ3) is 3.80. The summed E-state index contributed by atoms with van der Waals surface area (Å²) >= 11 is 3.38. The highest BCUT2D eigenvalue weighted by atomic mass is 79.9. The second-order valence-corrected chi connectivity index (χ2v) is 9.52. The Morgan fingerprint density at radius 3 is 2.66 bits per heavy atom. The Hall–Kier alpha value is -2.77. The number of hydrogen-bond acceptors (Lipinski definition) is 4. The number of rotatable bonds is 4. The Bertz CT molecular complexity index is 1220. The van der Waals surface area contributed by atoms with Crippen LogP contribution >= 0.6 is 15.9 Å². The fourth-order valence-corrected chi connectivity index (χ4v) is 5.01. The van der Waals surface area contributed by atoms with E-state index in [1.54, 1.807) is 23.1 Å². The summed E-state index contributed by atoms with van der Waals surface area (Å²) in [6, 6.07) is 17.2. The number of aromatic amines is 1. The van der Waals surface area contributed by atoms with Crippen molar-refractivity contribution < 1.29 is 9.90 Å². The van der Waals surface area contributed by atoms with E-state index in [0.29, 0.717) is 42.0 Å². The molecule has 1 atom stereocenters. The zero-order valence-electron chi connectivity index (χ0n) is 17.6. The zero-order valence-corrected chi connectivity index (χ0v) is 19.1. The molecule has 164 valence electrons. The van der Waals surface area contributed by atoms with Gasteiger partial charge in [-0.05, 0) is 48.9 Å². The van der Waals surface area contributed by atoms with Gasteiger partial charge in [-0.25, -0.2) is 4.98 Å². The molecule has 0 spiro atoms. The van der Waals surface area contributed by atoms with Crippen LogP contribution in [0.3, 0.4) is 0 Å². The number of nitrogens with one attached hydrogen (secondary N) is 1. The van der Waals surface area contributed by atoms with E-state index in [-0.39, 0.29) is 23.4 Å². The smallest absolute Gasteiger partial charge is 0.256 e. The van der Waals surface area contributed by atoms with Crippen LogP contribution in [0.2, 0.25) is 0 Å². The number of benzene rings is 2. The number of nitrogens with zero attached hydrogens (tertiary/aromatic N) is 2. The molecule has 3 aromatic rings. The fraction of sp³-hybridized carbons (Fsp3) is 0.320. The monoisotopic (exact) mass is 493 g/mol. The largest absolute Gasteiger partial charge is 0.378 e. The molecule has 1 fully saturated rings. The van der Waals surface area contributed by atoms with Crippen molar-refractivity contribution in [2.75, 3.05) is 6.54 Å². The van der Waals surface area contributed by atoms with Crippen molar-refractivity contribution in [2.45, 2.75) is 43.7 Å². The van der Waals surface area contributed by atoms with Crippen LogP contribution in [0, 0.1) is 0 Å². The van der Waals surface area contributed by atoms with Crippen molar-refractivity contribution >= 4 is 21.8 Å². The maximum absolute atomic E-state index is 13.1. The van der Waals surface area contributed by atoms with E-state index in [0.717, 1.165) is 22.9 Å². The Balaban J connectivity index is 1.46. The molecule has 6 nitrogen and oxygen atoms in total. The van der Waals surface area contributed by atoms with Crippen LogP contribution in [0.25, 0.3) is 0 Å². The lowest BCUT2D eigenvalue weighted by Gasteiger charge is -2.24. The molecular weight excluding hydrogens is 470 g/mol. The summed E-state index contributed by atoms with van der Waals surface area (Å²) < 4.78 is 0.802. The highest BCUT2D eigenvalue weighted by Crippen LogP contribution is 2.51. The van der Waals surface area contributed by atoms with E-state index in [2.05, 4.69) is 33.0 Å². The Kier molecular flexibility index (Phi) is 5.47. The second kappa shape index (κ2) is 8.30. The summed E-state index contributed by atoms with van der Waals surface area (Å²) in [6.07, 6.45) is 1.83. The predicted octanol–water partition coefficient (Wildman–Crippen LogP) is 3.62. The van der Waals surface area contributed by atoms with Crippen molar-refractivity contribution in [3.63, 3.8) is 0 Å². The van der Waals surface area contributed by atoms with Crippen molar-refractivity contribution in [1.29, 1.82) is 0 Å². The molecule has 0 unspecified atom stereocenters. The van der Waals surface area contributed by atoms with Gasteiger partial charge < -0.3 is 15.0 Å². The molecule has 7 heteroatoms. The Morgan fingerprint density at radius 2 is 1.94 bits per heavy atom. The molecule has 5 rings (SSSR count).